The van der Waals surface area contributed by atoms with Gasteiger partial charge in [-0.25, -0.2) is 0 Å². The van der Waals surface area contributed by atoms with Gasteiger partial charge < -0.3 is 10.2 Å². The molecule has 2 aromatic carbocycles. The lowest BCUT2D eigenvalue weighted by Crippen LogP contribution is -2.49. The molecule has 138 valence electrons. The zero-order chi connectivity index (χ0) is 18.4. The van der Waals surface area contributed by atoms with Gasteiger partial charge in [0.25, 0.3) is 5.91 Å². The molecule has 2 aromatic rings. The average molecular weight is 372 g/mol. The van der Waals surface area contributed by atoms with Gasteiger partial charge in [-0.3, -0.25) is 9.69 Å². The van der Waals surface area contributed by atoms with Gasteiger partial charge in [-0.15, -0.1) is 0 Å². The average Bonchev–Trinajstić information content (AvgIpc) is 2.68. The molecule has 1 saturated heterocycles. The standard InChI is InChI=1S/C21H26ClN3O/c1-2-23-20-9-5-18(6-10-20)21(26)25-15-13-24(14-16-25)12-11-17-3-7-19(22)8-4-17/h3-10,23H,2,11-16H2,1H3. The predicted molar refractivity (Wildman–Crippen MR) is 108 cm³/mol. The molecule has 0 atom stereocenters. The van der Waals surface area contributed by atoms with Gasteiger partial charge in [0.05, 0.1) is 0 Å². The van der Waals surface area contributed by atoms with Gasteiger partial charge in [0.1, 0.15) is 0 Å². The second kappa shape index (κ2) is 9.06. The summed E-state index contributed by atoms with van der Waals surface area (Å²) < 4.78 is 0. The normalized spacial score (nSPS) is 15.1. The van der Waals surface area contributed by atoms with Gasteiger partial charge in [0, 0.05) is 55.5 Å². The summed E-state index contributed by atoms with van der Waals surface area (Å²) in [6.07, 6.45) is 1.01. The Hall–Kier alpha value is -2.04. The molecular weight excluding hydrogens is 346 g/mol. The Balaban J connectivity index is 1.46. The minimum Gasteiger partial charge on any atom is -0.385 e. The van der Waals surface area contributed by atoms with Crippen LogP contribution in [0.1, 0.15) is 22.8 Å². The van der Waals surface area contributed by atoms with Gasteiger partial charge in [-0.2, -0.15) is 0 Å². The minimum absolute atomic E-state index is 0.130. The van der Waals surface area contributed by atoms with Crippen LogP contribution in [0.4, 0.5) is 5.69 Å². The van der Waals surface area contributed by atoms with Crippen LogP contribution in [0.5, 0.6) is 0 Å². The van der Waals surface area contributed by atoms with E-state index in [-0.39, 0.29) is 5.91 Å². The zero-order valence-electron chi connectivity index (χ0n) is 15.2. The molecule has 1 aliphatic rings. The van der Waals surface area contributed by atoms with Crippen LogP contribution >= 0.6 is 11.6 Å². The number of carbonyl (C=O) groups is 1. The Labute approximate surface area is 160 Å². The number of nitrogens with zero attached hydrogens (tertiary/aromatic N) is 2. The van der Waals surface area contributed by atoms with Crippen molar-refractivity contribution < 1.29 is 4.79 Å². The predicted octanol–water partition coefficient (Wildman–Crippen LogP) is 3.77. The fourth-order valence-corrected chi connectivity index (χ4v) is 3.36. The van der Waals surface area contributed by atoms with Crippen molar-refractivity contribution in [3.8, 4) is 0 Å². The van der Waals surface area contributed by atoms with E-state index in [2.05, 4.69) is 29.3 Å². The van der Waals surface area contributed by atoms with E-state index in [9.17, 15) is 4.79 Å². The summed E-state index contributed by atoms with van der Waals surface area (Å²) >= 11 is 5.93. The van der Waals surface area contributed by atoms with Gasteiger partial charge in [0.15, 0.2) is 0 Å². The van der Waals surface area contributed by atoms with Crippen molar-refractivity contribution in [3.63, 3.8) is 0 Å². The van der Waals surface area contributed by atoms with Gasteiger partial charge >= 0.3 is 0 Å². The summed E-state index contributed by atoms with van der Waals surface area (Å²) in [7, 11) is 0. The SMILES string of the molecule is CCNc1ccc(C(=O)N2CCN(CCc3ccc(Cl)cc3)CC2)cc1. The Kier molecular flexibility index (Phi) is 6.53. The molecule has 0 radical (unpaired) electrons. The van der Waals surface area contributed by atoms with Gasteiger partial charge in [0.2, 0.25) is 0 Å². The molecule has 5 heteroatoms. The third kappa shape index (κ3) is 4.99. The van der Waals surface area contributed by atoms with Crippen LogP contribution in [-0.4, -0.2) is 55.0 Å². The van der Waals surface area contributed by atoms with Gasteiger partial charge in [-0.1, -0.05) is 23.7 Å². The lowest BCUT2D eigenvalue weighted by molar-refractivity contribution is 0.0638. The molecule has 0 aromatic heterocycles. The van der Waals surface area contributed by atoms with E-state index in [4.69, 9.17) is 11.6 Å². The Bertz CT molecular complexity index is 707. The number of rotatable bonds is 6. The maximum absolute atomic E-state index is 12.7. The van der Waals surface area contributed by atoms with Gasteiger partial charge in [-0.05, 0) is 55.3 Å². The van der Waals surface area contributed by atoms with Crippen LogP contribution in [0.15, 0.2) is 48.5 Å². The molecular formula is C21H26ClN3O. The molecule has 1 aliphatic heterocycles. The van der Waals surface area contributed by atoms with E-state index in [1.165, 1.54) is 5.56 Å². The van der Waals surface area contributed by atoms with E-state index in [1.54, 1.807) is 0 Å². The first-order chi connectivity index (χ1) is 12.7. The van der Waals surface area contributed by atoms with E-state index in [0.29, 0.717) is 0 Å². The van der Waals surface area contributed by atoms with Crippen molar-refractivity contribution in [2.45, 2.75) is 13.3 Å². The summed E-state index contributed by atoms with van der Waals surface area (Å²) in [5.41, 5.74) is 3.12. The maximum Gasteiger partial charge on any atom is 0.253 e. The van der Waals surface area contributed by atoms with Crippen molar-refractivity contribution in [3.05, 3.63) is 64.7 Å². The zero-order valence-corrected chi connectivity index (χ0v) is 16.0. The first-order valence-electron chi connectivity index (χ1n) is 9.25. The van der Waals surface area contributed by atoms with Crippen LogP contribution < -0.4 is 5.32 Å². The van der Waals surface area contributed by atoms with Crippen LogP contribution in [0.25, 0.3) is 0 Å². The minimum atomic E-state index is 0.130. The number of hydrogen-bond acceptors (Lipinski definition) is 3. The second-order valence-corrected chi connectivity index (χ2v) is 7.05. The van der Waals surface area contributed by atoms with Crippen LogP contribution in [0.2, 0.25) is 5.02 Å². The monoisotopic (exact) mass is 371 g/mol. The highest BCUT2D eigenvalue weighted by atomic mass is 35.5. The number of nitrogens with one attached hydrogen (secondary N) is 1. The number of amides is 1. The molecule has 1 heterocycles. The first-order valence-corrected chi connectivity index (χ1v) is 9.63. The van der Waals surface area contributed by atoms with Crippen molar-refractivity contribution in [2.75, 3.05) is 44.6 Å². The fraction of sp³-hybridized carbons (Fsp3) is 0.381. The third-order valence-corrected chi connectivity index (χ3v) is 5.05. The quantitative estimate of drug-likeness (QED) is 0.839. The summed E-state index contributed by atoms with van der Waals surface area (Å²) in [4.78, 5) is 17.0. The molecule has 26 heavy (non-hydrogen) atoms. The highest BCUT2D eigenvalue weighted by Gasteiger charge is 2.21. The highest BCUT2D eigenvalue weighted by molar-refractivity contribution is 6.30. The van der Waals surface area contributed by atoms with E-state index in [1.807, 2.05) is 41.3 Å². The molecule has 0 aliphatic carbocycles. The van der Waals surface area contributed by atoms with E-state index < -0.39 is 0 Å². The number of carbonyl (C=O) groups excluding carboxylic acids is 1. The lowest BCUT2D eigenvalue weighted by Gasteiger charge is -2.34. The van der Waals surface area contributed by atoms with Crippen molar-refractivity contribution in [1.82, 2.24) is 9.80 Å². The lowest BCUT2D eigenvalue weighted by atomic mass is 10.1. The Morgan fingerprint density at radius 3 is 2.27 bits per heavy atom. The summed E-state index contributed by atoms with van der Waals surface area (Å²) in [5, 5.41) is 4.03. The van der Waals surface area contributed by atoms with Crippen molar-refractivity contribution >= 4 is 23.2 Å². The van der Waals surface area contributed by atoms with Crippen LogP contribution in [0.3, 0.4) is 0 Å². The number of anilines is 1. The highest BCUT2D eigenvalue weighted by Crippen LogP contribution is 2.14. The number of hydrogen-bond donors (Lipinski definition) is 1. The van der Waals surface area contributed by atoms with Crippen LogP contribution in [0, 0.1) is 0 Å². The second-order valence-electron chi connectivity index (χ2n) is 6.62. The molecule has 4 nitrogen and oxygen atoms in total. The molecule has 1 N–H and O–H groups in total. The first kappa shape index (κ1) is 18.7. The van der Waals surface area contributed by atoms with Crippen molar-refractivity contribution in [1.29, 1.82) is 0 Å². The third-order valence-electron chi connectivity index (χ3n) is 4.80. The number of halogens is 1. The summed E-state index contributed by atoms with van der Waals surface area (Å²) in [5.74, 6) is 0.130. The molecule has 0 spiro atoms. The van der Waals surface area contributed by atoms with Crippen LogP contribution in [-0.2, 0) is 6.42 Å². The van der Waals surface area contributed by atoms with E-state index in [0.717, 1.165) is 62.0 Å². The number of piperazine rings is 1. The van der Waals surface area contributed by atoms with E-state index >= 15 is 0 Å². The summed E-state index contributed by atoms with van der Waals surface area (Å²) in [6.45, 7) is 7.38. The molecule has 0 unspecified atom stereocenters. The number of benzene rings is 2. The Morgan fingerprint density at radius 1 is 1.00 bits per heavy atom. The maximum atomic E-state index is 12.7. The fourth-order valence-electron chi connectivity index (χ4n) is 3.23. The molecule has 1 amide bonds. The van der Waals surface area contributed by atoms with Crippen molar-refractivity contribution in [2.24, 2.45) is 0 Å². The molecule has 3 rings (SSSR count). The molecule has 0 saturated carbocycles. The topological polar surface area (TPSA) is 35.6 Å². The molecule has 1 fully saturated rings. The smallest absolute Gasteiger partial charge is 0.253 e. The summed E-state index contributed by atoms with van der Waals surface area (Å²) in [6, 6.07) is 15.8. The largest absolute Gasteiger partial charge is 0.385 e. The molecule has 0 bridgehead atoms. The Morgan fingerprint density at radius 2 is 1.65 bits per heavy atom.